The van der Waals surface area contributed by atoms with Gasteiger partial charge in [0.1, 0.15) is 12.4 Å². The Balaban J connectivity index is 1.57. The number of nitrogens with one attached hydrogen (secondary N) is 1. The summed E-state index contributed by atoms with van der Waals surface area (Å²) in [5.41, 5.74) is 1.74. The number of ether oxygens (including phenoxy) is 1. The fourth-order valence-corrected chi connectivity index (χ4v) is 3.58. The molecule has 1 N–H and O–H groups in total. The number of pyridine rings is 1. The van der Waals surface area contributed by atoms with Crippen molar-refractivity contribution >= 4 is 11.9 Å². The molecule has 3 heterocycles. The molecule has 4 rings (SSSR count). The Kier molecular flexibility index (Phi) is 4.91. The summed E-state index contributed by atoms with van der Waals surface area (Å²) in [6.45, 7) is 3.21. The number of aromatic nitrogens is 3. The Morgan fingerprint density at radius 1 is 1.32 bits per heavy atom. The molecule has 9 heteroatoms. The van der Waals surface area contributed by atoms with Gasteiger partial charge in [-0.1, -0.05) is 0 Å². The van der Waals surface area contributed by atoms with Gasteiger partial charge in [-0.25, -0.2) is 23.2 Å². The van der Waals surface area contributed by atoms with Crippen molar-refractivity contribution in [3.63, 3.8) is 0 Å². The Bertz CT molecular complexity index is 860. The summed E-state index contributed by atoms with van der Waals surface area (Å²) in [7, 11) is 0. The molecule has 2 aromatic rings. The summed E-state index contributed by atoms with van der Waals surface area (Å²) in [6, 6.07) is 5.56. The van der Waals surface area contributed by atoms with E-state index >= 15 is 0 Å². The molecule has 0 radical (unpaired) electrons. The van der Waals surface area contributed by atoms with E-state index in [9.17, 15) is 13.6 Å². The first-order valence-electron chi connectivity index (χ1n) is 9.48. The average molecular weight is 391 g/mol. The second-order valence-corrected chi connectivity index (χ2v) is 7.43. The summed E-state index contributed by atoms with van der Waals surface area (Å²) in [5, 5.41) is 7.69. The predicted octanol–water partition coefficient (Wildman–Crippen LogP) is 3.52. The third kappa shape index (κ3) is 4.23. The van der Waals surface area contributed by atoms with Gasteiger partial charge in [0.05, 0.1) is 12.2 Å². The summed E-state index contributed by atoms with van der Waals surface area (Å²) in [5.74, 6) is -1.35. The molecule has 0 atom stereocenters. The van der Waals surface area contributed by atoms with Crippen LogP contribution in [0, 0.1) is 6.92 Å². The Morgan fingerprint density at radius 2 is 2.11 bits per heavy atom. The monoisotopic (exact) mass is 391 g/mol. The first-order chi connectivity index (χ1) is 13.4. The standard InChI is InChI=1S/C19H23F2N5O2/c1-13-4-7-26(24-13)17-11-14(12-25-8-9-28-18(25)27)10-16(23-17)22-15-2-5-19(20,21)6-3-15/h4,7,10-11,15H,2-3,5-6,8-9,12H2,1H3,(H,22,23). The van der Waals surface area contributed by atoms with E-state index in [2.05, 4.69) is 15.4 Å². The Morgan fingerprint density at radius 3 is 2.75 bits per heavy atom. The zero-order valence-electron chi connectivity index (χ0n) is 15.7. The fraction of sp³-hybridized carbons (Fsp3) is 0.526. The number of hydrogen-bond donors (Lipinski definition) is 1. The van der Waals surface area contributed by atoms with E-state index in [1.54, 1.807) is 9.58 Å². The summed E-state index contributed by atoms with van der Waals surface area (Å²) in [6.07, 6.45) is 2.04. The van der Waals surface area contributed by atoms with Crippen LogP contribution in [0.15, 0.2) is 24.4 Å². The molecule has 2 fully saturated rings. The van der Waals surface area contributed by atoms with Crippen LogP contribution in [0.1, 0.15) is 36.9 Å². The van der Waals surface area contributed by atoms with Gasteiger partial charge in [0, 0.05) is 31.6 Å². The molecule has 1 amide bonds. The van der Waals surface area contributed by atoms with Gasteiger partial charge in [-0.15, -0.1) is 0 Å². The first-order valence-corrected chi connectivity index (χ1v) is 9.48. The third-order valence-corrected chi connectivity index (χ3v) is 5.12. The highest BCUT2D eigenvalue weighted by Crippen LogP contribution is 2.34. The van der Waals surface area contributed by atoms with Gasteiger partial charge >= 0.3 is 6.09 Å². The van der Waals surface area contributed by atoms with Crippen LogP contribution in [0.25, 0.3) is 5.82 Å². The smallest absolute Gasteiger partial charge is 0.410 e. The molecule has 1 saturated carbocycles. The van der Waals surface area contributed by atoms with E-state index in [1.165, 1.54) is 0 Å². The molecule has 7 nitrogen and oxygen atoms in total. The highest BCUT2D eigenvalue weighted by molar-refractivity contribution is 5.69. The third-order valence-electron chi connectivity index (χ3n) is 5.12. The van der Waals surface area contributed by atoms with Crippen LogP contribution in [0.2, 0.25) is 0 Å². The van der Waals surface area contributed by atoms with Gasteiger partial charge in [0.2, 0.25) is 5.92 Å². The van der Waals surface area contributed by atoms with Crippen LogP contribution < -0.4 is 5.32 Å². The number of carbonyl (C=O) groups is 1. The maximum Gasteiger partial charge on any atom is 0.410 e. The molecular weight excluding hydrogens is 368 g/mol. The molecule has 150 valence electrons. The van der Waals surface area contributed by atoms with Crippen LogP contribution in [0.4, 0.5) is 19.4 Å². The van der Waals surface area contributed by atoms with Crippen molar-refractivity contribution in [2.75, 3.05) is 18.5 Å². The van der Waals surface area contributed by atoms with Crippen molar-refractivity contribution in [2.45, 2.75) is 51.1 Å². The maximum absolute atomic E-state index is 13.4. The quantitative estimate of drug-likeness (QED) is 0.844. The molecule has 0 aromatic carbocycles. The van der Waals surface area contributed by atoms with Crippen LogP contribution in [-0.4, -0.2) is 50.9 Å². The lowest BCUT2D eigenvalue weighted by Crippen LogP contribution is -2.32. The molecule has 1 saturated heterocycles. The lowest BCUT2D eigenvalue weighted by atomic mass is 9.92. The molecule has 1 aliphatic heterocycles. The highest BCUT2D eigenvalue weighted by Gasteiger charge is 2.35. The molecule has 28 heavy (non-hydrogen) atoms. The SMILES string of the molecule is Cc1ccn(-c2cc(CN3CCOC3=O)cc(NC3CCC(F)(F)CC3)n2)n1. The molecule has 0 unspecified atom stereocenters. The van der Waals surface area contributed by atoms with Crippen LogP contribution in [-0.2, 0) is 11.3 Å². The number of cyclic esters (lactones) is 1. The topological polar surface area (TPSA) is 72.3 Å². The number of alkyl halides is 2. The Hall–Kier alpha value is -2.71. The predicted molar refractivity (Wildman–Crippen MR) is 98.7 cm³/mol. The molecule has 2 aliphatic rings. The number of nitrogens with zero attached hydrogens (tertiary/aromatic N) is 4. The normalized spacial score (nSPS) is 19.7. The average Bonchev–Trinajstić information content (AvgIpc) is 3.25. The van der Waals surface area contributed by atoms with E-state index in [-0.39, 0.29) is 25.0 Å². The second-order valence-electron chi connectivity index (χ2n) is 7.43. The lowest BCUT2D eigenvalue weighted by Gasteiger charge is -2.29. The summed E-state index contributed by atoms with van der Waals surface area (Å²) >= 11 is 0. The van der Waals surface area contributed by atoms with Crippen molar-refractivity contribution in [2.24, 2.45) is 0 Å². The largest absolute Gasteiger partial charge is 0.448 e. The van der Waals surface area contributed by atoms with E-state index < -0.39 is 5.92 Å². The maximum atomic E-state index is 13.4. The number of hydrogen-bond acceptors (Lipinski definition) is 5. The van der Waals surface area contributed by atoms with Crippen molar-refractivity contribution in [1.82, 2.24) is 19.7 Å². The van der Waals surface area contributed by atoms with E-state index in [4.69, 9.17) is 4.74 Å². The summed E-state index contributed by atoms with van der Waals surface area (Å²) in [4.78, 5) is 18.0. The minimum atomic E-state index is -2.57. The first kappa shape index (κ1) is 18.6. The minimum Gasteiger partial charge on any atom is -0.448 e. The Labute approximate surface area is 161 Å². The van der Waals surface area contributed by atoms with Crippen LogP contribution in [0.3, 0.4) is 0 Å². The number of anilines is 1. The van der Waals surface area contributed by atoms with Gasteiger partial charge in [0.15, 0.2) is 5.82 Å². The van der Waals surface area contributed by atoms with E-state index in [0.717, 1.165) is 11.3 Å². The van der Waals surface area contributed by atoms with E-state index in [1.807, 2.05) is 31.3 Å². The van der Waals surface area contributed by atoms with Gasteiger partial charge in [0.25, 0.3) is 0 Å². The van der Waals surface area contributed by atoms with Crippen molar-refractivity contribution in [3.05, 3.63) is 35.7 Å². The molecule has 0 spiro atoms. The van der Waals surface area contributed by atoms with Crippen LogP contribution in [0.5, 0.6) is 0 Å². The second kappa shape index (κ2) is 7.37. The molecule has 0 bridgehead atoms. The van der Waals surface area contributed by atoms with Gasteiger partial charge in [-0.05, 0) is 43.5 Å². The number of aryl methyl sites for hydroxylation is 1. The van der Waals surface area contributed by atoms with Crippen molar-refractivity contribution in [1.29, 1.82) is 0 Å². The minimum absolute atomic E-state index is 0.0497. The zero-order chi connectivity index (χ0) is 19.7. The zero-order valence-corrected chi connectivity index (χ0v) is 15.7. The highest BCUT2D eigenvalue weighted by atomic mass is 19.3. The van der Waals surface area contributed by atoms with Gasteiger partial charge in [-0.3, -0.25) is 0 Å². The van der Waals surface area contributed by atoms with Crippen LogP contribution >= 0.6 is 0 Å². The molecule has 1 aliphatic carbocycles. The number of amides is 1. The molecule has 2 aromatic heterocycles. The summed E-state index contributed by atoms with van der Waals surface area (Å²) < 4.78 is 33.5. The number of halogens is 2. The number of rotatable bonds is 5. The van der Waals surface area contributed by atoms with Gasteiger partial charge < -0.3 is 15.0 Å². The van der Waals surface area contributed by atoms with E-state index in [0.29, 0.717) is 44.2 Å². The van der Waals surface area contributed by atoms with Crippen molar-refractivity contribution < 1.29 is 18.3 Å². The molecular formula is C19H23F2N5O2. The number of carbonyl (C=O) groups excluding carboxylic acids is 1. The fourth-order valence-electron chi connectivity index (χ4n) is 3.58. The van der Waals surface area contributed by atoms with Crippen molar-refractivity contribution in [3.8, 4) is 5.82 Å². The van der Waals surface area contributed by atoms with Gasteiger partial charge in [-0.2, -0.15) is 5.10 Å². The lowest BCUT2D eigenvalue weighted by molar-refractivity contribution is -0.0361.